The standard InChI is InChI=1S/C13H16BrF/c1-13(6-5-11(14)9-13)8-10-3-2-4-12(15)7-10/h2-4,7,11H,5-6,8-9H2,1H3. The van der Waals surface area contributed by atoms with E-state index < -0.39 is 0 Å². The molecule has 0 nitrogen and oxygen atoms in total. The molecule has 0 radical (unpaired) electrons. The number of rotatable bonds is 2. The van der Waals surface area contributed by atoms with Crippen molar-refractivity contribution in [2.45, 2.75) is 37.4 Å². The first-order chi connectivity index (χ1) is 7.07. The predicted molar refractivity (Wildman–Crippen MR) is 64.8 cm³/mol. The molecular formula is C13H16BrF. The van der Waals surface area contributed by atoms with Crippen LogP contribution < -0.4 is 0 Å². The molecule has 0 amide bonds. The summed E-state index contributed by atoms with van der Waals surface area (Å²) in [6.07, 6.45) is 4.67. The van der Waals surface area contributed by atoms with E-state index in [1.165, 1.54) is 25.3 Å². The number of benzene rings is 1. The van der Waals surface area contributed by atoms with Crippen molar-refractivity contribution in [1.29, 1.82) is 0 Å². The Morgan fingerprint density at radius 1 is 1.53 bits per heavy atom. The fourth-order valence-corrected chi connectivity index (χ4v) is 3.55. The third-order valence-corrected chi connectivity index (χ3v) is 4.08. The maximum atomic E-state index is 13.0. The molecule has 1 fully saturated rings. The first-order valence-electron chi connectivity index (χ1n) is 5.46. The Bertz CT molecular complexity index is 350. The van der Waals surface area contributed by atoms with Crippen molar-refractivity contribution >= 4 is 15.9 Å². The molecule has 1 saturated carbocycles. The van der Waals surface area contributed by atoms with Gasteiger partial charge in [-0.3, -0.25) is 0 Å². The molecule has 0 spiro atoms. The molecule has 0 heterocycles. The normalized spacial score (nSPS) is 30.7. The van der Waals surface area contributed by atoms with E-state index >= 15 is 0 Å². The van der Waals surface area contributed by atoms with Crippen LogP contribution in [0.1, 0.15) is 31.7 Å². The van der Waals surface area contributed by atoms with Gasteiger partial charge in [-0.05, 0) is 48.8 Å². The molecule has 15 heavy (non-hydrogen) atoms. The van der Waals surface area contributed by atoms with Crippen LogP contribution in [0.5, 0.6) is 0 Å². The van der Waals surface area contributed by atoms with E-state index in [9.17, 15) is 4.39 Å². The van der Waals surface area contributed by atoms with Crippen molar-refractivity contribution < 1.29 is 4.39 Å². The molecule has 2 atom stereocenters. The van der Waals surface area contributed by atoms with E-state index in [0.717, 1.165) is 12.0 Å². The molecule has 0 aromatic heterocycles. The van der Waals surface area contributed by atoms with Crippen LogP contribution in [0, 0.1) is 11.2 Å². The van der Waals surface area contributed by atoms with Crippen molar-refractivity contribution in [2.24, 2.45) is 5.41 Å². The Kier molecular flexibility index (Phi) is 3.15. The molecule has 1 aliphatic carbocycles. The number of hydrogen-bond donors (Lipinski definition) is 0. The predicted octanol–water partition coefficient (Wildman–Crippen LogP) is 4.32. The molecule has 0 N–H and O–H groups in total. The Morgan fingerprint density at radius 3 is 2.93 bits per heavy atom. The zero-order valence-electron chi connectivity index (χ0n) is 8.97. The van der Waals surface area contributed by atoms with Crippen molar-refractivity contribution in [2.75, 3.05) is 0 Å². The van der Waals surface area contributed by atoms with Crippen molar-refractivity contribution in [3.8, 4) is 0 Å². The van der Waals surface area contributed by atoms with Crippen LogP contribution in [-0.4, -0.2) is 4.83 Å². The van der Waals surface area contributed by atoms with E-state index in [-0.39, 0.29) is 5.82 Å². The first-order valence-corrected chi connectivity index (χ1v) is 6.37. The topological polar surface area (TPSA) is 0 Å². The largest absolute Gasteiger partial charge is 0.207 e. The van der Waals surface area contributed by atoms with Crippen molar-refractivity contribution in [3.05, 3.63) is 35.6 Å². The summed E-state index contributed by atoms with van der Waals surface area (Å²) >= 11 is 3.67. The highest BCUT2D eigenvalue weighted by Crippen LogP contribution is 2.43. The number of hydrogen-bond acceptors (Lipinski definition) is 0. The van der Waals surface area contributed by atoms with E-state index in [1.54, 1.807) is 12.1 Å². The number of alkyl halides is 1. The minimum atomic E-state index is -0.121. The van der Waals surface area contributed by atoms with Gasteiger partial charge in [-0.15, -0.1) is 0 Å². The fraction of sp³-hybridized carbons (Fsp3) is 0.538. The maximum Gasteiger partial charge on any atom is 0.123 e. The molecule has 1 aromatic rings. The van der Waals surface area contributed by atoms with Crippen LogP contribution in [0.25, 0.3) is 0 Å². The van der Waals surface area contributed by atoms with Crippen LogP contribution in [0.2, 0.25) is 0 Å². The zero-order chi connectivity index (χ0) is 10.9. The summed E-state index contributed by atoms with van der Waals surface area (Å²) < 4.78 is 13.0. The van der Waals surface area contributed by atoms with E-state index in [1.807, 2.05) is 6.07 Å². The maximum absolute atomic E-state index is 13.0. The van der Waals surface area contributed by atoms with Gasteiger partial charge in [0.05, 0.1) is 0 Å². The Hall–Kier alpha value is -0.370. The molecule has 0 aliphatic heterocycles. The summed E-state index contributed by atoms with van der Waals surface area (Å²) in [6, 6.07) is 6.99. The third kappa shape index (κ3) is 2.81. The highest BCUT2D eigenvalue weighted by molar-refractivity contribution is 9.09. The second kappa shape index (κ2) is 4.25. The summed E-state index contributed by atoms with van der Waals surface area (Å²) in [5, 5.41) is 0. The molecule has 1 aliphatic rings. The second-order valence-corrected chi connectivity index (χ2v) is 6.25. The molecule has 2 rings (SSSR count). The van der Waals surface area contributed by atoms with E-state index in [2.05, 4.69) is 22.9 Å². The fourth-order valence-electron chi connectivity index (χ4n) is 2.54. The summed E-state index contributed by atoms with van der Waals surface area (Å²) in [4.78, 5) is 0.649. The second-order valence-electron chi connectivity index (χ2n) is 4.96. The Balaban J connectivity index is 2.08. The van der Waals surface area contributed by atoms with Crippen LogP contribution in [0.3, 0.4) is 0 Å². The lowest BCUT2D eigenvalue weighted by atomic mass is 9.82. The van der Waals surface area contributed by atoms with Crippen molar-refractivity contribution in [3.63, 3.8) is 0 Å². The SMILES string of the molecule is CC1(Cc2cccc(F)c2)CCC(Br)C1. The molecule has 0 bridgehead atoms. The van der Waals surface area contributed by atoms with Gasteiger partial charge in [-0.1, -0.05) is 35.0 Å². The van der Waals surface area contributed by atoms with Gasteiger partial charge in [-0.25, -0.2) is 4.39 Å². The van der Waals surface area contributed by atoms with Gasteiger partial charge in [0, 0.05) is 4.83 Å². The highest BCUT2D eigenvalue weighted by atomic mass is 79.9. The van der Waals surface area contributed by atoms with Gasteiger partial charge in [0.15, 0.2) is 0 Å². The molecular weight excluding hydrogens is 255 g/mol. The molecule has 2 unspecified atom stereocenters. The number of halogens is 2. The van der Waals surface area contributed by atoms with Gasteiger partial charge in [0.2, 0.25) is 0 Å². The van der Waals surface area contributed by atoms with Gasteiger partial charge in [0.1, 0.15) is 5.82 Å². The molecule has 82 valence electrons. The summed E-state index contributed by atoms with van der Waals surface area (Å²) in [5.41, 5.74) is 1.47. The first kappa shape index (κ1) is 11.1. The minimum Gasteiger partial charge on any atom is -0.207 e. The van der Waals surface area contributed by atoms with E-state index in [4.69, 9.17) is 0 Å². The van der Waals surface area contributed by atoms with Gasteiger partial charge in [-0.2, -0.15) is 0 Å². The smallest absolute Gasteiger partial charge is 0.123 e. The van der Waals surface area contributed by atoms with Crippen LogP contribution in [0.15, 0.2) is 24.3 Å². The van der Waals surface area contributed by atoms with Crippen molar-refractivity contribution in [1.82, 2.24) is 0 Å². The monoisotopic (exact) mass is 270 g/mol. The average molecular weight is 271 g/mol. The Labute approximate surface area is 99.0 Å². The molecule has 2 heteroatoms. The lowest BCUT2D eigenvalue weighted by Gasteiger charge is -2.23. The van der Waals surface area contributed by atoms with Crippen LogP contribution >= 0.6 is 15.9 Å². The van der Waals surface area contributed by atoms with Gasteiger partial charge < -0.3 is 0 Å². The minimum absolute atomic E-state index is 0.121. The quantitative estimate of drug-likeness (QED) is 0.703. The van der Waals surface area contributed by atoms with Gasteiger partial charge in [0.25, 0.3) is 0 Å². The lowest BCUT2D eigenvalue weighted by molar-refractivity contribution is 0.335. The van der Waals surface area contributed by atoms with Crippen LogP contribution in [0.4, 0.5) is 4.39 Å². The molecule has 1 aromatic carbocycles. The summed E-state index contributed by atoms with van der Waals surface area (Å²) in [7, 11) is 0. The molecule has 0 saturated heterocycles. The Morgan fingerprint density at radius 2 is 2.33 bits per heavy atom. The lowest BCUT2D eigenvalue weighted by Crippen LogP contribution is -2.15. The average Bonchev–Trinajstić information content (AvgIpc) is 2.45. The van der Waals surface area contributed by atoms with Gasteiger partial charge >= 0.3 is 0 Å². The summed E-state index contributed by atoms with van der Waals surface area (Å²) in [5.74, 6) is -0.121. The van der Waals surface area contributed by atoms with E-state index in [0.29, 0.717) is 10.2 Å². The third-order valence-electron chi connectivity index (χ3n) is 3.30. The highest BCUT2D eigenvalue weighted by Gasteiger charge is 2.33. The summed E-state index contributed by atoms with van der Waals surface area (Å²) in [6.45, 7) is 2.30. The van der Waals surface area contributed by atoms with Crippen LogP contribution in [-0.2, 0) is 6.42 Å². The zero-order valence-corrected chi connectivity index (χ0v) is 10.6.